The van der Waals surface area contributed by atoms with E-state index in [9.17, 15) is 18.4 Å². The summed E-state index contributed by atoms with van der Waals surface area (Å²) in [5.74, 6) is 0.362. The monoisotopic (exact) mass is 884 g/mol. The minimum Gasteiger partial charge on any atom is -0.492 e. The molecule has 4 aromatic carbocycles. The third kappa shape index (κ3) is 15.9. The molecule has 2 aliphatic heterocycles. The Labute approximate surface area is 380 Å². The maximum atomic E-state index is 13.4. The Kier molecular flexibility index (Phi) is 18.9. The molecular formula is C52H58F2N6O5. The van der Waals surface area contributed by atoms with Crippen LogP contribution in [0.1, 0.15) is 60.3 Å². The Hall–Kier alpha value is -6.54. The lowest BCUT2D eigenvalue weighted by molar-refractivity contribution is -0.143. The van der Waals surface area contributed by atoms with E-state index in [1.165, 1.54) is 24.3 Å². The fourth-order valence-electron chi connectivity index (χ4n) is 7.63. The molecule has 0 spiro atoms. The molecule has 0 radical (unpaired) electrons. The van der Waals surface area contributed by atoms with E-state index in [0.717, 1.165) is 99.0 Å². The van der Waals surface area contributed by atoms with Crippen LogP contribution in [0.5, 0.6) is 11.5 Å². The van der Waals surface area contributed by atoms with Gasteiger partial charge in [0.05, 0.1) is 29.4 Å². The number of likely N-dealkylation sites (tertiary alicyclic amines) is 2. The number of halogens is 2. The summed E-state index contributed by atoms with van der Waals surface area (Å²) in [5.41, 5.74) is 9.17. The van der Waals surface area contributed by atoms with Crippen molar-refractivity contribution in [1.29, 1.82) is 0 Å². The van der Waals surface area contributed by atoms with E-state index in [1.54, 1.807) is 36.7 Å². The van der Waals surface area contributed by atoms with Crippen molar-refractivity contribution < 1.29 is 33.0 Å². The lowest BCUT2D eigenvalue weighted by Gasteiger charge is -2.32. The van der Waals surface area contributed by atoms with Crippen LogP contribution in [0.4, 0.5) is 8.78 Å². The molecule has 1 amide bonds. The first-order chi connectivity index (χ1) is 31.7. The number of benzene rings is 4. The van der Waals surface area contributed by atoms with Crippen molar-refractivity contribution in [2.45, 2.75) is 37.8 Å². The Morgan fingerprint density at radius 3 is 1.48 bits per heavy atom. The normalized spacial score (nSPS) is 15.5. The third-order valence-corrected chi connectivity index (χ3v) is 11.4. The van der Waals surface area contributed by atoms with Crippen molar-refractivity contribution in [2.24, 2.45) is 17.6 Å². The van der Waals surface area contributed by atoms with Crippen molar-refractivity contribution in [1.82, 2.24) is 25.1 Å². The van der Waals surface area contributed by atoms with E-state index in [2.05, 4.69) is 25.1 Å². The van der Waals surface area contributed by atoms with Crippen LogP contribution in [-0.2, 0) is 9.59 Å². The van der Waals surface area contributed by atoms with Gasteiger partial charge in [0.2, 0.25) is 5.91 Å². The molecule has 2 unspecified atom stereocenters. The maximum Gasteiger partial charge on any atom is 0.306 e. The maximum absolute atomic E-state index is 13.4. The molecule has 2 aliphatic rings. The lowest BCUT2D eigenvalue weighted by atomic mass is 9.94. The lowest BCUT2D eigenvalue weighted by Crippen LogP contribution is -2.42. The van der Waals surface area contributed by atoms with Crippen LogP contribution in [0.2, 0.25) is 0 Å². The first-order valence-corrected chi connectivity index (χ1v) is 22.1. The van der Waals surface area contributed by atoms with Crippen LogP contribution >= 0.6 is 0 Å². The van der Waals surface area contributed by atoms with Crippen LogP contribution < -0.4 is 20.5 Å². The van der Waals surface area contributed by atoms with Gasteiger partial charge < -0.3 is 25.6 Å². The zero-order chi connectivity index (χ0) is 45.6. The van der Waals surface area contributed by atoms with Crippen molar-refractivity contribution in [3.63, 3.8) is 0 Å². The molecular weight excluding hydrogens is 827 g/mol. The molecule has 2 fully saturated rings. The Balaban J connectivity index is 0.000000178. The van der Waals surface area contributed by atoms with Crippen LogP contribution in [0.15, 0.2) is 158 Å². The van der Waals surface area contributed by atoms with Gasteiger partial charge in [-0.15, -0.1) is 0 Å². The molecule has 0 aliphatic carbocycles. The van der Waals surface area contributed by atoms with Crippen LogP contribution in [0.25, 0.3) is 0 Å². The minimum atomic E-state index is -0.657. The predicted octanol–water partition coefficient (Wildman–Crippen LogP) is 8.35. The van der Waals surface area contributed by atoms with E-state index in [1.807, 2.05) is 97.1 Å². The summed E-state index contributed by atoms with van der Waals surface area (Å²) in [6.07, 6.45) is 6.50. The zero-order valence-electron chi connectivity index (χ0n) is 36.5. The summed E-state index contributed by atoms with van der Waals surface area (Å²) < 4.78 is 37.5. The number of hydrogen-bond donors (Lipinski definition) is 3. The van der Waals surface area contributed by atoms with Gasteiger partial charge in [0.25, 0.3) is 0 Å². The van der Waals surface area contributed by atoms with E-state index < -0.39 is 12.0 Å². The average Bonchev–Trinajstić information content (AvgIpc) is 3.35. The topological polar surface area (TPSA) is 143 Å². The largest absolute Gasteiger partial charge is 0.492 e. The summed E-state index contributed by atoms with van der Waals surface area (Å²) in [4.78, 5) is 37.1. The van der Waals surface area contributed by atoms with Crippen molar-refractivity contribution in [3.8, 4) is 11.5 Å². The van der Waals surface area contributed by atoms with Crippen LogP contribution in [-0.4, -0.2) is 89.2 Å². The molecule has 0 bridgehead atoms. The Morgan fingerprint density at radius 1 is 0.600 bits per heavy atom. The smallest absolute Gasteiger partial charge is 0.306 e. The number of carboxylic acids is 1. The zero-order valence-corrected chi connectivity index (χ0v) is 36.5. The molecule has 6 aromatic rings. The number of para-hydroxylation sites is 2. The van der Waals surface area contributed by atoms with E-state index in [4.69, 9.17) is 20.3 Å². The van der Waals surface area contributed by atoms with Crippen molar-refractivity contribution >= 4 is 11.9 Å². The number of nitrogens with one attached hydrogen (secondary N) is 1. The number of ether oxygens (including phenoxy) is 2. The van der Waals surface area contributed by atoms with Gasteiger partial charge in [-0.05, 0) is 136 Å². The molecule has 11 nitrogen and oxygen atoms in total. The Morgan fingerprint density at radius 2 is 1.03 bits per heavy atom. The Bertz CT molecular complexity index is 2270. The number of carboxylic acid groups (broad SMARTS) is 1. The summed E-state index contributed by atoms with van der Waals surface area (Å²) in [5, 5.41) is 12.1. The van der Waals surface area contributed by atoms with Gasteiger partial charge in [-0.2, -0.15) is 0 Å². The summed E-state index contributed by atoms with van der Waals surface area (Å²) in [7, 11) is 0. The highest BCUT2D eigenvalue weighted by Gasteiger charge is 2.28. The fourth-order valence-corrected chi connectivity index (χ4v) is 7.63. The minimum absolute atomic E-state index is 0.0187. The number of hydrogen-bond acceptors (Lipinski definition) is 9. The second-order valence-corrected chi connectivity index (χ2v) is 15.9. The molecule has 4 heterocycles. The quantitative estimate of drug-likeness (QED) is 0.0921. The molecule has 340 valence electrons. The summed E-state index contributed by atoms with van der Waals surface area (Å²) in [6.45, 7) is 6.43. The molecule has 4 N–H and O–H groups in total. The number of piperidine rings is 2. The number of nitrogens with two attached hydrogens (primary N) is 1. The highest BCUT2D eigenvalue weighted by Crippen LogP contribution is 2.25. The number of pyridine rings is 2. The van der Waals surface area contributed by atoms with Gasteiger partial charge in [-0.25, -0.2) is 8.78 Å². The number of aliphatic carboxylic acids is 1. The second-order valence-electron chi connectivity index (χ2n) is 15.9. The van der Waals surface area contributed by atoms with Crippen molar-refractivity contribution in [2.75, 3.05) is 52.5 Å². The summed E-state index contributed by atoms with van der Waals surface area (Å²) in [6, 6.07) is 42.4. The summed E-state index contributed by atoms with van der Waals surface area (Å²) >= 11 is 0. The van der Waals surface area contributed by atoms with Gasteiger partial charge >= 0.3 is 5.97 Å². The highest BCUT2D eigenvalue weighted by atomic mass is 19.1. The number of carbonyl (C=O) groups is 2. The average molecular weight is 885 g/mol. The van der Waals surface area contributed by atoms with Gasteiger partial charge in [0.1, 0.15) is 36.3 Å². The molecule has 2 atom stereocenters. The van der Waals surface area contributed by atoms with Crippen molar-refractivity contribution in [3.05, 3.63) is 192 Å². The molecule has 2 saturated heterocycles. The molecule has 65 heavy (non-hydrogen) atoms. The number of rotatable bonds is 15. The first-order valence-electron chi connectivity index (χ1n) is 22.1. The van der Waals surface area contributed by atoms with Crippen LogP contribution in [0.3, 0.4) is 0 Å². The second kappa shape index (κ2) is 25.7. The standard InChI is InChI=1S/C26H28FN3O2.C14H19NO3.C12H11FN2/c27-22-11-9-20(10-12-22)25(24-8-4-5-15-28-24)29-26(31)21-13-16-30(17-14-21)18-19-32-23-6-2-1-3-7-23;16-14(17)12-6-8-15(9-7-12)10-11-18-13-4-2-1-3-5-13;13-10-6-4-9(5-7-10)12(14)11-3-1-2-8-15-11/h1-12,15,21,25H,13-14,16-19H2,(H,29,31);1-5,12H,6-11H2,(H,16,17);1-8,12H,14H2. The first kappa shape index (κ1) is 47.9. The SMILES string of the molecule is NC(c1ccc(F)cc1)c1ccccn1.O=C(NC(c1ccc(F)cc1)c1ccccn1)C1CCN(CCOc2ccccc2)CC1.O=C(O)C1CCN(CCOc2ccccc2)CC1. The molecule has 0 saturated carbocycles. The number of carbonyl (C=O) groups excluding carboxylic acids is 1. The van der Waals surface area contributed by atoms with Gasteiger partial charge in [-0.1, -0.05) is 72.8 Å². The van der Waals surface area contributed by atoms with Gasteiger partial charge in [-0.3, -0.25) is 29.4 Å². The molecule has 2 aromatic heterocycles. The van der Waals surface area contributed by atoms with Gasteiger partial charge in [0.15, 0.2) is 0 Å². The van der Waals surface area contributed by atoms with E-state index in [0.29, 0.717) is 13.2 Å². The third-order valence-electron chi connectivity index (χ3n) is 11.4. The van der Waals surface area contributed by atoms with Crippen LogP contribution in [0, 0.1) is 23.5 Å². The highest BCUT2D eigenvalue weighted by molar-refractivity contribution is 5.79. The number of aromatic nitrogens is 2. The number of nitrogens with zero attached hydrogens (tertiary/aromatic N) is 4. The fraction of sp³-hybridized carbons (Fsp3) is 0.308. The van der Waals surface area contributed by atoms with E-state index >= 15 is 0 Å². The van der Waals surface area contributed by atoms with Gasteiger partial charge in [0, 0.05) is 31.4 Å². The predicted molar refractivity (Wildman–Crippen MR) is 247 cm³/mol. The number of amides is 1. The molecule has 8 rings (SSSR count). The molecule has 13 heteroatoms. The van der Waals surface area contributed by atoms with E-state index in [-0.39, 0.29) is 35.4 Å².